The number of amides is 1. The van der Waals surface area contributed by atoms with Gasteiger partial charge in [-0.2, -0.15) is 13.2 Å². The molecule has 1 aliphatic heterocycles. The first-order valence-corrected chi connectivity index (χ1v) is 8.06. The molecular weight excluding hydrogens is 319 g/mol. The molecule has 0 spiro atoms. The Morgan fingerprint density at radius 2 is 1.75 bits per heavy atom. The van der Waals surface area contributed by atoms with Gasteiger partial charge < -0.3 is 9.64 Å². The van der Waals surface area contributed by atoms with Crippen molar-refractivity contribution in [2.45, 2.75) is 57.7 Å². The van der Waals surface area contributed by atoms with E-state index in [4.69, 9.17) is 4.74 Å². The van der Waals surface area contributed by atoms with E-state index in [9.17, 15) is 18.0 Å². The number of likely N-dealkylation sites (tertiary alicyclic amines) is 1. The fraction of sp³-hybridized carbons (Fsp3) is 0.611. The minimum atomic E-state index is -4.34. The van der Waals surface area contributed by atoms with Crippen LogP contribution in [0.15, 0.2) is 24.3 Å². The average molecular weight is 343 g/mol. The third kappa shape index (κ3) is 4.42. The van der Waals surface area contributed by atoms with Gasteiger partial charge in [-0.3, -0.25) is 0 Å². The van der Waals surface area contributed by atoms with Crippen molar-refractivity contribution >= 4 is 6.09 Å². The molecule has 1 fully saturated rings. The summed E-state index contributed by atoms with van der Waals surface area (Å²) in [7, 11) is 0. The number of hydrogen-bond donors (Lipinski definition) is 0. The maximum atomic E-state index is 12.9. The highest BCUT2D eigenvalue weighted by Crippen LogP contribution is 2.38. The Hall–Kier alpha value is -1.72. The molecule has 0 aromatic heterocycles. The van der Waals surface area contributed by atoms with Crippen LogP contribution in [-0.4, -0.2) is 29.7 Å². The minimum Gasteiger partial charge on any atom is -0.444 e. The van der Waals surface area contributed by atoms with Crippen LogP contribution in [0.25, 0.3) is 0 Å². The zero-order chi connectivity index (χ0) is 18.2. The molecule has 1 saturated heterocycles. The molecule has 1 aromatic rings. The predicted molar refractivity (Wildman–Crippen MR) is 85.8 cm³/mol. The van der Waals surface area contributed by atoms with Crippen LogP contribution < -0.4 is 0 Å². The molecule has 1 amide bonds. The Morgan fingerprint density at radius 3 is 2.25 bits per heavy atom. The van der Waals surface area contributed by atoms with Gasteiger partial charge in [-0.1, -0.05) is 25.1 Å². The van der Waals surface area contributed by atoms with Gasteiger partial charge in [0.15, 0.2) is 0 Å². The van der Waals surface area contributed by atoms with Crippen LogP contribution in [0.4, 0.5) is 18.0 Å². The number of carbonyl (C=O) groups is 1. The molecule has 24 heavy (non-hydrogen) atoms. The number of hydrogen-bond acceptors (Lipinski definition) is 2. The number of halogens is 3. The third-order valence-corrected chi connectivity index (χ3v) is 4.41. The first-order chi connectivity index (χ1) is 10.9. The lowest BCUT2D eigenvalue weighted by Gasteiger charge is -2.40. The second-order valence-corrected chi connectivity index (χ2v) is 7.61. The molecular formula is C18H24F3NO2. The van der Waals surface area contributed by atoms with Gasteiger partial charge in [0.2, 0.25) is 0 Å². The van der Waals surface area contributed by atoms with E-state index in [1.165, 1.54) is 12.1 Å². The van der Waals surface area contributed by atoms with E-state index in [2.05, 4.69) is 0 Å². The van der Waals surface area contributed by atoms with Crippen LogP contribution in [0, 0.1) is 0 Å². The zero-order valence-electron chi connectivity index (χ0n) is 14.5. The molecule has 0 saturated carbocycles. The maximum Gasteiger partial charge on any atom is 0.416 e. The molecule has 0 N–H and O–H groups in total. The molecule has 3 nitrogen and oxygen atoms in total. The van der Waals surface area contributed by atoms with Gasteiger partial charge in [0.05, 0.1) is 5.56 Å². The fourth-order valence-corrected chi connectivity index (χ4v) is 2.87. The summed E-state index contributed by atoms with van der Waals surface area (Å²) in [5.74, 6) is 0. The average Bonchev–Trinajstić information content (AvgIpc) is 2.45. The topological polar surface area (TPSA) is 29.5 Å². The number of rotatable bonds is 1. The first-order valence-electron chi connectivity index (χ1n) is 8.06. The molecule has 1 aromatic carbocycles. The van der Waals surface area contributed by atoms with E-state index in [0.717, 1.165) is 6.07 Å². The lowest BCUT2D eigenvalue weighted by molar-refractivity contribution is -0.137. The van der Waals surface area contributed by atoms with Crippen LogP contribution >= 0.6 is 0 Å². The minimum absolute atomic E-state index is 0.367. The van der Waals surface area contributed by atoms with Crippen LogP contribution in [0.3, 0.4) is 0 Å². The van der Waals surface area contributed by atoms with Gasteiger partial charge in [0.1, 0.15) is 5.60 Å². The summed E-state index contributed by atoms with van der Waals surface area (Å²) in [5, 5.41) is 0. The molecule has 0 radical (unpaired) electrons. The molecule has 134 valence electrons. The van der Waals surface area contributed by atoms with Gasteiger partial charge >= 0.3 is 12.3 Å². The SMILES string of the molecule is CC(C)(C)OC(=O)N1CCC(C)(c2cccc(C(F)(F)F)c2)CC1. The summed E-state index contributed by atoms with van der Waals surface area (Å²) >= 11 is 0. The largest absolute Gasteiger partial charge is 0.444 e. The van der Waals surface area contributed by atoms with Crippen LogP contribution in [0.5, 0.6) is 0 Å². The van der Waals surface area contributed by atoms with Gasteiger partial charge in [0, 0.05) is 13.1 Å². The van der Waals surface area contributed by atoms with E-state index in [1.807, 2.05) is 27.7 Å². The van der Waals surface area contributed by atoms with Crippen LogP contribution in [0.2, 0.25) is 0 Å². The Labute approximate surface area is 140 Å². The highest BCUT2D eigenvalue weighted by molar-refractivity contribution is 5.68. The highest BCUT2D eigenvalue weighted by atomic mass is 19.4. The van der Waals surface area contributed by atoms with Gasteiger partial charge in [0.25, 0.3) is 0 Å². The smallest absolute Gasteiger partial charge is 0.416 e. The molecule has 6 heteroatoms. The van der Waals surface area contributed by atoms with Crippen molar-refractivity contribution in [3.63, 3.8) is 0 Å². The van der Waals surface area contributed by atoms with E-state index in [-0.39, 0.29) is 11.5 Å². The van der Waals surface area contributed by atoms with Crippen LogP contribution in [-0.2, 0) is 16.3 Å². The number of benzene rings is 1. The summed E-state index contributed by atoms with van der Waals surface area (Å²) in [6.45, 7) is 8.32. The monoisotopic (exact) mass is 343 g/mol. The second-order valence-electron chi connectivity index (χ2n) is 7.61. The van der Waals surface area contributed by atoms with E-state index in [0.29, 0.717) is 31.5 Å². The van der Waals surface area contributed by atoms with E-state index in [1.54, 1.807) is 11.0 Å². The van der Waals surface area contributed by atoms with Crippen molar-refractivity contribution in [2.24, 2.45) is 0 Å². The Morgan fingerprint density at radius 1 is 1.17 bits per heavy atom. The standard InChI is InChI=1S/C18H24F3NO2/c1-16(2,3)24-15(23)22-10-8-17(4,9-11-22)13-6-5-7-14(12-13)18(19,20)21/h5-7,12H,8-11H2,1-4H3. The summed E-state index contributed by atoms with van der Waals surface area (Å²) in [4.78, 5) is 13.7. The van der Waals surface area contributed by atoms with E-state index >= 15 is 0 Å². The number of piperidine rings is 1. The molecule has 0 unspecified atom stereocenters. The predicted octanol–water partition coefficient (Wildman–Crippen LogP) is 4.99. The quantitative estimate of drug-likeness (QED) is 0.718. The number of nitrogens with zero attached hydrogens (tertiary/aromatic N) is 1. The molecule has 1 heterocycles. The lowest BCUT2D eigenvalue weighted by Crippen LogP contribution is -2.45. The van der Waals surface area contributed by atoms with Crippen molar-refractivity contribution in [1.82, 2.24) is 4.90 Å². The molecule has 2 rings (SSSR count). The normalized spacial score (nSPS) is 18.4. The maximum absolute atomic E-state index is 12.9. The highest BCUT2D eigenvalue weighted by Gasteiger charge is 2.37. The molecule has 0 bridgehead atoms. The van der Waals surface area contributed by atoms with Crippen LogP contribution in [0.1, 0.15) is 51.7 Å². The Balaban J connectivity index is 2.09. The van der Waals surface area contributed by atoms with E-state index < -0.39 is 17.3 Å². The van der Waals surface area contributed by atoms with Crippen molar-refractivity contribution < 1.29 is 22.7 Å². The van der Waals surface area contributed by atoms with Crippen molar-refractivity contribution in [3.8, 4) is 0 Å². The molecule has 0 aliphatic carbocycles. The third-order valence-electron chi connectivity index (χ3n) is 4.41. The van der Waals surface area contributed by atoms with Gasteiger partial charge in [-0.25, -0.2) is 4.79 Å². The molecule has 1 aliphatic rings. The summed E-state index contributed by atoms with van der Waals surface area (Å²) < 4.78 is 44.1. The second kappa shape index (κ2) is 6.30. The van der Waals surface area contributed by atoms with Crippen molar-refractivity contribution in [3.05, 3.63) is 35.4 Å². The zero-order valence-corrected chi connectivity index (χ0v) is 14.5. The summed E-state index contributed by atoms with van der Waals surface area (Å²) in [6.07, 6.45) is -3.50. The fourth-order valence-electron chi connectivity index (χ4n) is 2.87. The number of ether oxygens (including phenoxy) is 1. The first kappa shape index (κ1) is 18.6. The lowest BCUT2D eigenvalue weighted by atomic mass is 9.74. The van der Waals surface area contributed by atoms with Gasteiger partial charge in [-0.15, -0.1) is 0 Å². The number of alkyl halides is 3. The Kier molecular flexibility index (Phi) is 4.88. The Bertz CT molecular complexity index is 597. The summed E-state index contributed by atoms with van der Waals surface area (Å²) in [6, 6.07) is 5.49. The van der Waals surface area contributed by atoms with Crippen molar-refractivity contribution in [1.29, 1.82) is 0 Å². The van der Waals surface area contributed by atoms with Crippen molar-refractivity contribution in [2.75, 3.05) is 13.1 Å². The number of carbonyl (C=O) groups excluding carboxylic acids is 1. The van der Waals surface area contributed by atoms with Gasteiger partial charge in [-0.05, 0) is 50.7 Å². The molecule has 0 atom stereocenters. The summed E-state index contributed by atoms with van der Waals surface area (Å²) in [5.41, 5.74) is -0.893.